The number of H-pyrrole nitrogens is 1. The second kappa shape index (κ2) is 8.75. The zero-order valence-corrected chi connectivity index (χ0v) is 17.7. The summed E-state index contributed by atoms with van der Waals surface area (Å²) in [4.78, 5) is 47.0. The fraction of sp³-hybridized carbons (Fsp3) is 0.429. The number of hydrogen-bond donors (Lipinski definition) is 3. The highest BCUT2D eigenvalue weighted by atomic mass is 19.4. The molecule has 1 aromatic carbocycles. The van der Waals surface area contributed by atoms with Crippen LogP contribution in [0.2, 0.25) is 0 Å². The summed E-state index contributed by atoms with van der Waals surface area (Å²) in [5, 5.41) is 5.09. The van der Waals surface area contributed by atoms with E-state index in [1.807, 2.05) is 4.90 Å². The molecule has 0 aliphatic carbocycles. The number of benzene rings is 1. The number of anilines is 3. The second-order valence-electron chi connectivity index (χ2n) is 8.19. The minimum absolute atomic E-state index is 0.0395. The molecule has 4 rings (SSSR count). The first kappa shape index (κ1) is 22.6. The van der Waals surface area contributed by atoms with Gasteiger partial charge in [0.1, 0.15) is 11.6 Å². The summed E-state index contributed by atoms with van der Waals surface area (Å²) >= 11 is 0. The highest BCUT2D eigenvalue weighted by molar-refractivity contribution is 6.04. The Labute approximate surface area is 186 Å². The summed E-state index contributed by atoms with van der Waals surface area (Å²) < 4.78 is 40.7. The van der Waals surface area contributed by atoms with Crippen LogP contribution in [0, 0.1) is 5.92 Å². The van der Waals surface area contributed by atoms with E-state index in [0.717, 1.165) is 38.1 Å². The zero-order valence-electron chi connectivity index (χ0n) is 17.7. The quantitative estimate of drug-likeness (QED) is 0.639. The lowest BCUT2D eigenvalue weighted by atomic mass is 9.92. The molecule has 33 heavy (non-hydrogen) atoms. The smallest absolute Gasteiger partial charge is 0.406 e. The van der Waals surface area contributed by atoms with Crippen molar-refractivity contribution in [3.8, 4) is 5.75 Å². The molecule has 0 spiro atoms. The molecule has 1 fully saturated rings. The topological polar surface area (TPSA) is 116 Å². The van der Waals surface area contributed by atoms with Gasteiger partial charge >= 0.3 is 6.36 Å². The van der Waals surface area contributed by atoms with E-state index in [1.54, 1.807) is 0 Å². The van der Waals surface area contributed by atoms with E-state index in [4.69, 9.17) is 0 Å². The van der Waals surface area contributed by atoms with Crippen LogP contribution in [0.25, 0.3) is 0 Å². The van der Waals surface area contributed by atoms with E-state index in [1.165, 1.54) is 12.1 Å². The molecule has 0 radical (unpaired) electrons. The maximum atomic E-state index is 12.9. The van der Waals surface area contributed by atoms with Crippen LogP contribution >= 0.6 is 0 Å². The van der Waals surface area contributed by atoms with E-state index in [9.17, 15) is 27.6 Å². The highest BCUT2D eigenvalue weighted by Gasteiger charge is 2.35. The summed E-state index contributed by atoms with van der Waals surface area (Å²) in [6.45, 7) is 3.59. The molecule has 3 N–H and O–H groups in total. The Morgan fingerprint density at radius 2 is 1.85 bits per heavy atom. The molecule has 2 aliphatic heterocycles. The number of aromatic nitrogens is 2. The van der Waals surface area contributed by atoms with E-state index in [-0.39, 0.29) is 23.5 Å². The molecule has 3 heterocycles. The molecule has 9 nitrogen and oxygen atoms in total. The monoisotopic (exact) mass is 465 g/mol. The third-order valence-electron chi connectivity index (χ3n) is 5.69. The molecule has 2 aliphatic rings. The number of aromatic amines is 1. The lowest BCUT2D eigenvalue weighted by Gasteiger charge is -2.31. The molecule has 1 aromatic heterocycles. The summed E-state index contributed by atoms with van der Waals surface area (Å²) in [5.74, 6) is -1.71. The number of hydrogen-bond acceptors (Lipinski definition) is 6. The van der Waals surface area contributed by atoms with Crippen LogP contribution < -0.4 is 25.8 Å². The van der Waals surface area contributed by atoms with Crippen molar-refractivity contribution in [3.05, 3.63) is 40.2 Å². The van der Waals surface area contributed by atoms with Gasteiger partial charge in [0.15, 0.2) is 0 Å². The molecular formula is C21H22F3N5O4. The fourth-order valence-electron chi connectivity index (χ4n) is 3.92. The number of carbonyl (C=O) groups is 2. The van der Waals surface area contributed by atoms with Gasteiger partial charge in [-0.05, 0) is 43.0 Å². The Balaban J connectivity index is 1.54. The number of rotatable bonds is 4. The van der Waals surface area contributed by atoms with E-state index in [0.29, 0.717) is 11.9 Å². The third-order valence-corrected chi connectivity index (χ3v) is 5.69. The molecule has 1 atom stereocenters. The van der Waals surface area contributed by atoms with Gasteiger partial charge in [-0.3, -0.25) is 19.4 Å². The first-order valence-electron chi connectivity index (χ1n) is 10.4. The lowest BCUT2D eigenvalue weighted by Crippen LogP contribution is -2.39. The minimum Gasteiger partial charge on any atom is -0.406 e. The van der Waals surface area contributed by atoms with Crippen LogP contribution in [0.4, 0.5) is 30.6 Å². The molecular weight excluding hydrogens is 443 g/mol. The maximum Gasteiger partial charge on any atom is 0.573 e. The minimum atomic E-state index is -4.83. The molecule has 1 saturated heterocycles. The Bertz CT molecular complexity index is 1110. The van der Waals surface area contributed by atoms with Gasteiger partial charge in [-0.15, -0.1) is 13.2 Å². The van der Waals surface area contributed by atoms with Crippen molar-refractivity contribution >= 4 is 29.3 Å². The van der Waals surface area contributed by atoms with Crippen LogP contribution in [0.1, 0.15) is 37.7 Å². The number of carbonyl (C=O) groups excluding carboxylic acids is 2. The predicted molar refractivity (Wildman–Crippen MR) is 113 cm³/mol. The van der Waals surface area contributed by atoms with Gasteiger partial charge in [0.05, 0.1) is 11.5 Å². The number of piperidine rings is 1. The summed E-state index contributed by atoms with van der Waals surface area (Å²) in [6, 6.07) is 4.55. The van der Waals surface area contributed by atoms with Crippen LogP contribution in [-0.2, 0) is 9.59 Å². The lowest BCUT2D eigenvalue weighted by molar-refractivity contribution is -0.274. The summed E-state index contributed by atoms with van der Waals surface area (Å²) in [7, 11) is 0. The predicted octanol–water partition coefficient (Wildman–Crippen LogP) is 2.97. The zero-order chi connectivity index (χ0) is 23.8. The number of fused-ring (bicyclic) bond motifs is 1. The van der Waals surface area contributed by atoms with Crippen molar-refractivity contribution in [1.29, 1.82) is 0 Å². The molecule has 0 bridgehead atoms. The average Bonchev–Trinajstić information content (AvgIpc) is 2.73. The van der Waals surface area contributed by atoms with Crippen molar-refractivity contribution in [1.82, 2.24) is 9.97 Å². The molecule has 0 saturated carbocycles. The normalized spacial score (nSPS) is 19.0. The largest absolute Gasteiger partial charge is 0.573 e. The molecule has 2 aromatic rings. The second-order valence-corrected chi connectivity index (χ2v) is 8.19. The van der Waals surface area contributed by atoms with Gasteiger partial charge in [-0.25, -0.2) is 0 Å². The standard InChI is InChI=1S/C21H22F3N5O4/c1-11-6-8-29(9-7-11)20-27-17-16(19(32)28-20)14(10-15(30)26-17)18(31)25-12-2-4-13(5-3-12)33-21(22,23)24/h2-5,11,14H,6-10H2,1H3,(H,25,31)(H2,26,27,28,30,32)/t14-/m1/s1. The van der Waals surface area contributed by atoms with Crippen molar-refractivity contribution in [2.24, 2.45) is 5.92 Å². The molecule has 12 heteroatoms. The molecule has 0 unspecified atom stereocenters. The van der Waals surface area contributed by atoms with Crippen molar-refractivity contribution in [2.45, 2.75) is 38.5 Å². The Morgan fingerprint density at radius 1 is 1.18 bits per heavy atom. The van der Waals surface area contributed by atoms with Crippen LogP contribution in [-0.4, -0.2) is 41.2 Å². The maximum absolute atomic E-state index is 12.9. The van der Waals surface area contributed by atoms with E-state index < -0.39 is 35.4 Å². The van der Waals surface area contributed by atoms with Crippen LogP contribution in [0.5, 0.6) is 5.75 Å². The number of halogens is 3. The molecule has 2 amide bonds. The first-order valence-corrected chi connectivity index (χ1v) is 10.4. The van der Waals surface area contributed by atoms with Gasteiger partial charge in [0, 0.05) is 25.2 Å². The van der Waals surface area contributed by atoms with Crippen molar-refractivity contribution in [3.63, 3.8) is 0 Å². The van der Waals surface area contributed by atoms with Crippen LogP contribution in [0.15, 0.2) is 29.1 Å². The SMILES string of the molecule is CC1CCN(c2nc3c(c(=O)[nH]2)[C@H](C(=O)Nc2ccc(OC(F)(F)F)cc2)CC(=O)N3)CC1. The fourth-order valence-corrected chi connectivity index (χ4v) is 3.92. The van der Waals surface area contributed by atoms with Gasteiger partial charge in [0.2, 0.25) is 17.8 Å². The number of nitrogens with one attached hydrogen (secondary N) is 3. The average molecular weight is 465 g/mol. The van der Waals surface area contributed by atoms with Crippen molar-refractivity contribution in [2.75, 3.05) is 28.6 Å². The Hall–Kier alpha value is -3.57. The number of alkyl halides is 3. The number of amides is 2. The van der Waals surface area contributed by atoms with E-state index in [2.05, 4.69) is 32.3 Å². The molecule has 176 valence electrons. The summed E-state index contributed by atoms with van der Waals surface area (Å²) in [5.41, 5.74) is -0.300. The number of nitrogens with zero attached hydrogens (tertiary/aromatic N) is 2. The number of ether oxygens (including phenoxy) is 1. The first-order chi connectivity index (χ1) is 15.6. The van der Waals surface area contributed by atoms with Crippen molar-refractivity contribution < 1.29 is 27.5 Å². The van der Waals surface area contributed by atoms with Gasteiger partial charge in [-0.2, -0.15) is 4.98 Å². The Kier molecular flexibility index (Phi) is 6.00. The van der Waals surface area contributed by atoms with Crippen LogP contribution in [0.3, 0.4) is 0 Å². The third kappa shape index (κ3) is 5.26. The Morgan fingerprint density at radius 3 is 2.48 bits per heavy atom. The van der Waals surface area contributed by atoms with Gasteiger partial charge < -0.3 is 20.3 Å². The van der Waals surface area contributed by atoms with Gasteiger partial charge in [-0.1, -0.05) is 6.92 Å². The van der Waals surface area contributed by atoms with E-state index >= 15 is 0 Å². The highest BCUT2D eigenvalue weighted by Crippen LogP contribution is 2.31. The van der Waals surface area contributed by atoms with Gasteiger partial charge in [0.25, 0.3) is 5.56 Å². The summed E-state index contributed by atoms with van der Waals surface area (Å²) in [6.07, 6.45) is -3.20.